The molecule has 1 aromatic heterocycles. The molecule has 0 saturated carbocycles. The van der Waals surface area contributed by atoms with Crippen LogP contribution in [0.5, 0.6) is 11.5 Å². The smallest absolute Gasteiger partial charge is 0.259 e. The van der Waals surface area contributed by atoms with Crippen molar-refractivity contribution < 1.29 is 19.0 Å². The SMILES string of the molecule is COc1ccc(NC(=O)c2cccnc2N2CCO[C@H](CN)C2)c(OC)c1. The molecule has 0 spiro atoms. The lowest BCUT2D eigenvalue weighted by molar-refractivity contribution is 0.0462. The van der Waals surface area contributed by atoms with Crippen molar-refractivity contribution in [3.8, 4) is 11.5 Å². The van der Waals surface area contributed by atoms with Crippen LogP contribution in [0.4, 0.5) is 11.5 Å². The van der Waals surface area contributed by atoms with Crippen LogP contribution in [-0.4, -0.2) is 57.5 Å². The lowest BCUT2D eigenvalue weighted by Crippen LogP contribution is -2.46. The summed E-state index contributed by atoms with van der Waals surface area (Å²) in [5.41, 5.74) is 6.76. The van der Waals surface area contributed by atoms with Gasteiger partial charge < -0.3 is 30.2 Å². The minimum Gasteiger partial charge on any atom is -0.497 e. The molecule has 3 rings (SSSR count). The maximum absolute atomic E-state index is 12.9. The van der Waals surface area contributed by atoms with Crippen LogP contribution in [-0.2, 0) is 4.74 Å². The Kier molecular flexibility index (Phi) is 6.10. The van der Waals surface area contributed by atoms with Gasteiger partial charge in [-0.1, -0.05) is 0 Å². The summed E-state index contributed by atoms with van der Waals surface area (Å²) in [5.74, 6) is 1.51. The summed E-state index contributed by atoms with van der Waals surface area (Å²) in [6.45, 7) is 2.22. The Balaban J connectivity index is 1.84. The second-order valence-electron chi connectivity index (χ2n) is 6.07. The van der Waals surface area contributed by atoms with Crippen molar-refractivity contribution in [3.63, 3.8) is 0 Å². The van der Waals surface area contributed by atoms with Crippen molar-refractivity contribution in [2.24, 2.45) is 5.73 Å². The number of nitrogens with zero attached hydrogens (tertiary/aromatic N) is 2. The number of pyridine rings is 1. The summed E-state index contributed by atoms with van der Waals surface area (Å²) in [6.07, 6.45) is 1.60. The second-order valence-corrected chi connectivity index (χ2v) is 6.07. The lowest BCUT2D eigenvalue weighted by Gasteiger charge is -2.34. The zero-order chi connectivity index (χ0) is 19.2. The van der Waals surface area contributed by atoms with Gasteiger partial charge in [0.25, 0.3) is 5.91 Å². The van der Waals surface area contributed by atoms with Crippen molar-refractivity contribution in [1.29, 1.82) is 0 Å². The van der Waals surface area contributed by atoms with Gasteiger partial charge in [-0.15, -0.1) is 0 Å². The van der Waals surface area contributed by atoms with Gasteiger partial charge in [0.15, 0.2) is 0 Å². The highest BCUT2D eigenvalue weighted by Gasteiger charge is 2.24. The molecule has 0 aliphatic carbocycles. The maximum Gasteiger partial charge on any atom is 0.259 e. The molecule has 2 heterocycles. The van der Waals surface area contributed by atoms with Crippen molar-refractivity contribution in [2.45, 2.75) is 6.10 Å². The number of hydrogen-bond acceptors (Lipinski definition) is 7. The summed E-state index contributed by atoms with van der Waals surface area (Å²) in [7, 11) is 3.12. The van der Waals surface area contributed by atoms with E-state index in [0.717, 1.165) is 0 Å². The van der Waals surface area contributed by atoms with Crippen LogP contribution in [0.15, 0.2) is 36.5 Å². The number of carbonyl (C=O) groups is 1. The number of amides is 1. The third kappa shape index (κ3) is 4.29. The number of anilines is 2. The molecule has 144 valence electrons. The fourth-order valence-electron chi connectivity index (χ4n) is 2.97. The number of morpholine rings is 1. The van der Waals surface area contributed by atoms with Gasteiger partial charge in [-0.2, -0.15) is 0 Å². The van der Waals surface area contributed by atoms with Crippen molar-refractivity contribution in [3.05, 3.63) is 42.1 Å². The number of benzene rings is 1. The first-order chi connectivity index (χ1) is 13.2. The Morgan fingerprint density at radius 1 is 1.37 bits per heavy atom. The van der Waals surface area contributed by atoms with E-state index in [0.29, 0.717) is 54.8 Å². The molecule has 1 aromatic carbocycles. The van der Waals surface area contributed by atoms with Crippen LogP contribution in [0.25, 0.3) is 0 Å². The third-order valence-electron chi connectivity index (χ3n) is 4.39. The number of carbonyl (C=O) groups excluding carboxylic acids is 1. The zero-order valence-electron chi connectivity index (χ0n) is 15.5. The number of rotatable bonds is 6. The Morgan fingerprint density at radius 3 is 2.96 bits per heavy atom. The fraction of sp³-hybridized carbons (Fsp3) is 0.368. The molecule has 8 nitrogen and oxygen atoms in total. The summed E-state index contributed by atoms with van der Waals surface area (Å²) >= 11 is 0. The Bertz CT molecular complexity index is 799. The molecule has 3 N–H and O–H groups in total. The summed E-state index contributed by atoms with van der Waals surface area (Å²) < 4.78 is 16.1. The molecule has 1 aliphatic rings. The normalized spacial score (nSPS) is 16.7. The van der Waals surface area contributed by atoms with Crippen LogP contribution in [0.2, 0.25) is 0 Å². The van der Waals surface area contributed by atoms with E-state index in [9.17, 15) is 4.79 Å². The fourth-order valence-corrected chi connectivity index (χ4v) is 2.97. The van der Waals surface area contributed by atoms with Gasteiger partial charge >= 0.3 is 0 Å². The van der Waals surface area contributed by atoms with Crippen LogP contribution >= 0.6 is 0 Å². The van der Waals surface area contributed by atoms with E-state index in [1.807, 2.05) is 4.90 Å². The standard InChI is InChI=1S/C19H24N4O4/c1-25-13-5-6-16(17(10-13)26-2)22-19(24)15-4-3-7-21-18(15)23-8-9-27-14(11-20)12-23/h3-7,10,14H,8-9,11-12,20H2,1-2H3,(H,22,24)/t14-/m1/s1. The van der Waals surface area contributed by atoms with Crippen LogP contribution in [0.1, 0.15) is 10.4 Å². The molecule has 1 amide bonds. The predicted octanol–water partition coefficient (Wildman–Crippen LogP) is 1.51. The molecule has 0 unspecified atom stereocenters. The van der Waals surface area contributed by atoms with Crippen LogP contribution < -0.4 is 25.4 Å². The number of aromatic nitrogens is 1. The number of hydrogen-bond donors (Lipinski definition) is 2. The van der Waals surface area contributed by atoms with E-state index in [1.165, 1.54) is 0 Å². The average Bonchev–Trinajstić information content (AvgIpc) is 2.74. The third-order valence-corrected chi connectivity index (χ3v) is 4.39. The molecule has 1 saturated heterocycles. The Morgan fingerprint density at radius 2 is 2.22 bits per heavy atom. The van der Waals surface area contributed by atoms with Crippen molar-refractivity contribution in [2.75, 3.05) is 50.7 Å². The lowest BCUT2D eigenvalue weighted by atomic mass is 10.2. The minimum atomic E-state index is -0.266. The maximum atomic E-state index is 12.9. The molecule has 27 heavy (non-hydrogen) atoms. The first-order valence-corrected chi connectivity index (χ1v) is 8.71. The summed E-state index contributed by atoms with van der Waals surface area (Å²) in [6, 6.07) is 8.71. The van der Waals surface area contributed by atoms with E-state index in [1.54, 1.807) is 50.7 Å². The number of methoxy groups -OCH3 is 2. The first kappa shape index (κ1) is 18.9. The molecule has 2 aromatic rings. The molecule has 1 fully saturated rings. The minimum absolute atomic E-state index is 0.0710. The van der Waals surface area contributed by atoms with E-state index in [-0.39, 0.29) is 12.0 Å². The van der Waals surface area contributed by atoms with E-state index in [4.69, 9.17) is 19.9 Å². The predicted molar refractivity (Wildman–Crippen MR) is 103 cm³/mol. The van der Waals surface area contributed by atoms with Crippen LogP contribution in [0.3, 0.4) is 0 Å². The van der Waals surface area contributed by atoms with Gasteiger partial charge in [0.05, 0.1) is 38.2 Å². The summed E-state index contributed by atoms with van der Waals surface area (Å²) in [5, 5.41) is 2.89. The van der Waals surface area contributed by atoms with E-state index >= 15 is 0 Å². The molecule has 1 atom stereocenters. The van der Waals surface area contributed by atoms with Gasteiger partial charge in [0.2, 0.25) is 0 Å². The monoisotopic (exact) mass is 372 g/mol. The Hall–Kier alpha value is -2.84. The van der Waals surface area contributed by atoms with Crippen molar-refractivity contribution in [1.82, 2.24) is 4.98 Å². The first-order valence-electron chi connectivity index (χ1n) is 8.71. The molecule has 0 radical (unpaired) electrons. The van der Waals surface area contributed by atoms with Gasteiger partial charge in [0.1, 0.15) is 17.3 Å². The highest BCUT2D eigenvalue weighted by molar-refractivity contribution is 6.08. The number of ether oxygens (including phenoxy) is 3. The molecular weight excluding hydrogens is 348 g/mol. The second kappa shape index (κ2) is 8.70. The zero-order valence-corrected chi connectivity index (χ0v) is 15.5. The Labute approximate surface area is 158 Å². The molecule has 8 heteroatoms. The average molecular weight is 372 g/mol. The highest BCUT2D eigenvalue weighted by Crippen LogP contribution is 2.30. The largest absolute Gasteiger partial charge is 0.497 e. The van der Waals surface area contributed by atoms with Gasteiger partial charge in [-0.3, -0.25) is 4.79 Å². The van der Waals surface area contributed by atoms with E-state index in [2.05, 4.69) is 10.3 Å². The summed E-state index contributed by atoms with van der Waals surface area (Å²) in [4.78, 5) is 19.4. The van der Waals surface area contributed by atoms with Gasteiger partial charge in [-0.25, -0.2) is 4.98 Å². The van der Waals surface area contributed by atoms with Crippen molar-refractivity contribution >= 4 is 17.4 Å². The highest BCUT2D eigenvalue weighted by atomic mass is 16.5. The number of nitrogens with two attached hydrogens (primary N) is 1. The number of nitrogens with one attached hydrogen (secondary N) is 1. The molecule has 1 aliphatic heterocycles. The van der Waals surface area contributed by atoms with Gasteiger partial charge in [-0.05, 0) is 24.3 Å². The molecule has 0 bridgehead atoms. The quantitative estimate of drug-likeness (QED) is 0.793. The van der Waals surface area contributed by atoms with E-state index < -0.39 is 0 Å². The van der Waals surface area contributed by atoms with Crippen LogP contribution in [0, 0.1) is 0 Å². The van der Waals surface area contributed by atoms with Gasteiger partial charge in [0, 0.05) is 31.9 Å². The topological polar surface area (TPSA) is 98.9 Å². The molecular formula is C19H24N4O4.